The van der Waals surface area contributed by atoms with E-state index in [1.54, 1.807) is 18.2 Å². The van der Waals surface area contributed by atoms with Crippen molar-refractivity contribution in [1.82, 2.24) is 0 Å². The van der Waals surface area contributed by atoms with Crippen molar-refractivity contribution in [3.8, 4) is 17.6 Å². The summed E-state index contributed by atoms with van der Waals surface area (Å²) in [6, 6.07) is 11.7. The normalized spacial score (nSPS) is 9.75. The Hall–Kier alpha value is -2.02. The zero-order valence-electron chi connectivity index (χ0n) is 10.6. The number of halogens is 2. The highest BCUT2D eigenvalue weighted by atomic mass is 35.5. The summed E-state index contributed by atoms with van der Waals surface area (Å²) in [5.74, 6) is 5.53. The van der Waals surface area contributed by atoms with E-state index in [1.807, 2.05) is 12.1 Å². The van der Waals surface area contributed by atoms with Crippen molar-refractivity contribution in [2.45, 2.75) is 6.61 Å². The van der Waals surface area contributed by atoms with Crippen molar-refractivity contribution in [3.63, 3.8) is 0 Å². The molecule has 4 heteroatoms. The van der Waals surface area contributed by atoms with Gasteiger partial charge in [-0.1, -0.05) is 41.6 Å². The van der Waals surface area contributed by atoms with Crippen LogP contribution in [0.1, 0.15) is 11.1 Å². The third kappa shape index (κ3) is 3.74. The minimum Gasteiger partial charge on any atom is -0.488 e. The summed E-state index contributed by atoms with van der Waals surface area (Å²) in [7, 11) is 0. The van der Waals surface area contributed by atoms with Gasteiger partial charge >= 0.3 is 0 Å². The Labute approximate surface area is 121 Å². The Morgan fingerprint density at radius 2 is 2.00 bits per heavy atom. The molecule has 0 aromatic heterocycles. The molecule has 0 aliphatic rings. The van der Waals surface area contributed by atoms with Gasteiger partial charge in [-0.15, -0.1) is 0 Å². The fraction of sp³-hybridized carbons (Fsp3) is 0.125. The molecule has 102 valence electrons. The number of aliphatic hydroxyl groups is 1. The summed E-state index contributed by atoms with van der Waals surface area (Å²) in [4.78, 5) is 0. The second-order valence-corrected chi connectivity index (χ2v) is 4.40. The molecule has 0 spiro atoms. The van der Waals surface area contributed by atoms with Crippen LogP contribution in [0.4, 0.5) is 4.39 Å². The molecule has 0 bridgehead atoms. The van der Waals surface area contributed by atoms with Crippen LogP contribution in [0.15, 0.2) is 42.5 Å². The van der Waals surface area contributed by atoms with Gasteiger partial charge < -0.3 is 9.84 Å². The molecule has 2 aromatic rings. The van der Waals surface area contributed by atoms with Crippen LogP contribution in [0, 0.1) is 17.7 Å². The molecule has 0 aliphatic heterocycles. The molecular formula is C16H12ClFO2. The van der Waals surface area contributed by atoms with E-state index in [1.165, 1.54) is 12.1 Å². The maximum atomic E-state index is 13.1. The van der Waals surface area contributed by atoms with Gasteiger partial charge in [-0.2, -0.15) is 0 Å². The van der Waals surface area contributed by atoms with Gasteiger partial charge in [-0.3, -0.25) is 0 Å². The van der Waals surface area contributed by atoms with Crippen LogP contribution in [-0.4, -0.2) is 11.7 Å². The molecule has 0 saturated heterocycles. The zero-order valence-corrected chi connectivity index (χ0v) is 11.3. The molecule has 2 nitrogen and oxygen atoms in total. The van der Waals surface area contributed by atoms with Gasteiger partial charge in [0.2, 0.25) is 0 Å². The van der Waals surface area contributed by atoms with E-state index in [0.29, 0.717) is 11.3 Å². The molecule has 0 radical (unpaired) electrons. The molecule has 0 aliphatic carbocycles. The quantitative estimate of drug-likeness (QED) is 0.878. The first kappa shape index (κ1) is 14.4. The van der Waals surface area contributed by atoms with Crippen molar-refractivity contribution in [2.24, 2.45) is 0 Å². The summed E-state index contributed by atoms with van der Waals surface area (Å²) in [5.41, 5.74) is 1.45. The lowest BCUT2D eigenvalue weighted by Crippen LogP contribution is -1.97. The molecular weight excluding hydrogens is 279 g/mol. The van der Waals surface area contributed by atoms with E-state index in [9.17, 15) is 4.39 Å². The maximum absolute atomic E-state index is 13.1. The Bertz CT molecular complexity index is 659. The second kappa shape index (κ2) is 6.95. The third-order valence-corrected chi connectivity index (χ3v) is 2.86. The molecule has 0 saturated carbocycles. The van der Waals surface area contributed by atoms with E-state index in [2.05, 4.69) is 11.8 Å². The van der Waals surface area contributed by atoms with Gasteiger partial charge in [0.05, 0.1) is 10.6 Å². The van der Waals surface area contributed by atoms with E-state index >= 15 is 0 Å². The lowest BCUT2D eigenvalue weighted by Gasteiger charge is -2.08. The van der Waals surface area contributed by atoms with E-state index in [0.717, 1.165) is 5.56 Å². The van der Waals surface area contributed by atoms with Crippen LogP contribution in [0.5, 0.6) is 5.75 Å². The Kier molecular flexibility index (Phi) is 5.00. The molecule has 20 heavy (non-hydrogen) atoms. The number of para-hydroxylation sites is 1. The van der Waals surface area contributed by atoms with Crippen LogP contribution in [-0.2, 0) is 6.61 Å². The number of hydrogen-bond acceptors (Lipinski definition) is 2. The highest BCUT2D eigenvalue weighted by Crippen LogP contribution is 2.20. The van der Waals surface area contributed by atoms with E-state index in [-0.39, 0.29) is 18.2 Å². The molecule has 0 fully saturated rings. The fourth-order valence-corrected chi connectivity index (χ4v) is 1.82. The van der Waals surface area contributed by atoms with Crippen LogP contribution in [0.3, 0.4) is 0 Å². The SMILES string of the molecule is OCC#Cc1ccccc1OCc1ccc(F)c(Cl)c1. The van der Waals surface area contributed by atoms with Crippen LogP contribution in [0.2, 0.25) is 5.02 Å². The number of rotatable bonds is 3. The van der Waals surface area contributed by atoms with Crippen LogP contribution >= 0.6 is 11.6 Å². The number of ether oxygens (including phenoxy) is 1. The third-order valence-electron chi connectivity index (χ3n) is 2.57. The highest BCUT2D eigenvalue weighted by molar-refractivity contribution is 6.30. The molecule has 0 atom stereocenters. The molecule has 2 aromatic carbocycles. The Morgan fingerprint density at radius 3 is 2.75 bits per heavy atom. The molecule has 0 amide bonds. The van der Waals surface area contributed by atoms with Gasteiger partial charge in [0.1, 0.15) is 24.8 Å². The smallest absolute Gasteiger partial charge is 0.141 e. The number of hydrogen-bond donors (Lipinski definition) is 1. The molecule has 1 N–H and O–H groups in total. The summed E-state index contributed by atoms with van der Waals surface area (Å²) < 4.78 is 18.7. The molecule has 0 heterocycles. The predicted octanol–water partition coefficient (Wildman–Crippen LogP) is 3.40. The first-order valence-corrected chi connectivity index (χ1v) is 6.34. The van der Waals surface area contributed by atoms with Gasteiger partial charge in [0.15, 0.2) is 0 Å². The fourth-order valence-electron chi connectivity index (χ4n) is 1.62. The Morgan fingerprint density at radius 1 is 1.20 bits per heavy atom. The monoisotopic (exact) mass is 290 g/mol. The van der Waals surface area contributed by atoms with Crippen LogP contribution in [0.25, 0.3) is 0 Å². The summed E-state index contributed by atoms with van der Waals surface area (Å²) in [6.07, 6.45) is 0. The lowest BCUT2D eigenvalue weighted by molar-refractivity contribution is 0.305. The van der Waals surface area contributed by atoms with Gasteiger partial charge in [-0.25, -0.2) is 4.39 Å². The standard InChI is InChI=1S/C16H12ClFO2/c17-14-10-12(7-8-15(14)18)11-20-16-6-2-1-4-13(16)5-3-9-19/h1-2,4,6-8,10,19H,9,11H2. The average Bonchev–Trinajstić information content (AvgIpc) is 2.47. The first-order chi connectivity index (χ1) is 9.70. The molecule has 2 rings (SSSR count). The summed E-state index contributed by atoms with van der Waals surface area (Å²) in [5, 5.41) is 8.79. The largest absolute Gasteiger partial charge is 0.488 e. The van der Waals surface area contributed by atoms with Crippen molar-refractivity contribution in [1.29, 1.82) is 0 Å². The number of benzene rings is 2. The van der Waals surface area contributed by atoms with Crippen molar-refractivity contribution < 1.29 is 14.2 Å². The van der Waals surface area contributed by atoms with E-state index < -0.39 is 5.82 Å². The average molecular weight is 291 g/mol. The summed E-state index contributed by atoms with van der Waals surface area (Å²) in [6.45, 7) is 0.0553. The predicted molar refractivity (Wildman–Crippen MR) is 76.1 cm³/mol. The lowest BCUT2D eigenvalue weighted by atomic mass is 10.2. The second-order valence-electron chi connectivity index (χ2n) is 3.99. The minimum absolute atomic E-state index is 0.0689. The zero-order chi connectivity index (χ0) is 14.4. The van der Waals surface area contributed by atoms with Gasteiger partial charge in [0.25, 0.3) is 0 Å². The molecule has 0 unspecified atom stereocenters. The number of aliphatic hydroxyl groups excluding tert-OH is 1. The summed E-state index contributed by atoms with van der Waals surface area (Å²) >= 11 is 5.71. The van der Waals surface area contributed by atoms with Crippen LogP contribution < -0.4 is 4.74 Å². The minimum atomic E-state index is -0.454. The maximum Gasteiger partial charge on any atom is 0.141 e. The van der Waals surface area contributed by atoms with Crippen molar-refractivity contribution in [3.05, 3.63) is 64.4 Å². The first-order valence-electron chi connectivity index (χ1n) is 5.96. The Balaban J connectivity index is 2.12. The van der Waals surface area contributed by atoms with Crippen molar-refractivity contribution in [2.75, 3.05) is 6.61 Å². The van der Waals surface area contributed by atoms with Crippen molar-refractivity contribution >= 4 is 11.6 Å². The van der Waals surface area contributed by atoms with Gasteiger partial charge in [-0.05, 0) is 29.8 Å². The van der Waals surface area contributed by atoms with Gasteiger partial charge in [0, 0.05) is 0 Å². The topological polar surface area (TPSA) is 29.5 Å². The highest BCUT2D eigenvalue weighted by Gasteiger charge is 2.04. The van der Waals surface area contributed by atoms with E-state index in [4.69, 9.17) is 21.4 Å².